The third kappa shape index (κ3) is 4.59. The van der Waals surface area contributed by atoms with Gasteiger partial charge < -0.3 is 10.1 Å². The highest BCUT2D eigenvalue weighted by Gasteiger charge is 2.14. The van der Waals surface area contributed by atoms with Gasteiger partial charge in [-0.15, -0.1) is 0 Å². The zero-order valence-electron chi connectivity index (χ0n) is 11.9. The molecule has 0 atom stereocenters. The Morgan fingerprint density at radius 3 is 2.50 bits per heavy atom. The number of rotatable bonds is 7. The summed E-state index contributed by atoms with van der Waals surface area (Å²) in [5.74, 6) is 0.460. The van der Waals surface area contributed by atoms with Gasteiger partial charge in [0, 0.05) is 11.6 Å². The predicted molar refractivity (Wildman–Crippen MR) is 81.7 cm³/mol. The van der Waals surface area contributed by atoms with Crippen LogP contribution in [0.1, 0.15) is 5.56 Å². The van der Waals surface area contributed by atoms with E-state index in [9.17, 15) is 14.9 Å². The van der Waals surface area contributed by atoms with Crippen LogP contribution in [0.4, 0.5) is 5.69 Å². The molecule has 0 aliphatic heterocycles. The molecule has 0 radical (unpaired) electrons. The first-order valence-corrected chi connectivity index (χ1v) is 6.83. The molecular formula is C16H16N2O4. The van der Waals surface area contributed by atoms with E-state index in [-0.39, 0.29) is 18.0 Å². The molecule has 0 spiro atoms. The normalized spacial score (nSPS) is 10.0. The van der Waals surface area contributed by atoms with Crippen LogP contribution in [0.5, 0.6) is 5.75 Å². The van der Waals surface area contributed by atoms with Crippen LogP contribution in [-0.4, -0.2) is 24.0 Å². The molecule has 1 amide bonds. The summed E-state index contributed by atoms with van der Waals surface area (Å²) in [5, 5.41) is 13.6. The number of nitrogens with one attached hydrogen (secondary N) is 1. The first kappa shape index (κ1) is 15.5. The van der Waals surface area contributed by atoms with Crippen molar-refractivity contribution in [1.82, 2.24) is 5.32 Å². The van der Waals surface area contributed by atoms with Crippen LogP contribution >= 0.6 is 0 Å². The summed E-state index contributed by atoms with van der Waals surface area (Å²) >= 11 is 0. The Labute approximate surface area is 127 Å². The van der Waals surface area contributed by atoms with Crippen LogP contribution in [0, 0.1) is 10.1 Å². The van der Waals surface area contributed by atoms with Crippen molar-refractivity contribution in [3.63, 3.8) is 0 Å². The number of benzene rings is 2. The van der Waals surface area contributed by atoms with Crippen molar-refractivity contribution in [3.8, 4) is 5.75 Å². The fraction of sp³-hybridized carbons (Fsp3) is 0.188. The second-order valence-electron chi connectivity index (χ2n) is 4.57. The Kier molecular flexibility index (Phi) is 5.48. The first-order valence-electron chi connectivity index (χ1n) is 6.83. The zero-order valence-corrected chi connectivity index (χ0v) is 11.9. The van der Waals surface area contributed by atoms with Crippen molar-refractivity contribution < 1.29 is 14.5 Å². The first-order chi connectivity index (χ1) is 10.7. The minimum Gasteiger partial charge on any atom is -0.492 e. The van der Waals surface area contributed by atoms with E-state index >= 15 is 0 Å². The summed E-state index contributed by atoms with van der Waals surface area (Å²) in [6.45, 7) is 0.682. The Bertz CT molecular complexity index is 644. The van der Waals surface area contributed by atoms with E-state index in [1.165, 1.54) is 6.07 Å². The molecule has 0 aromatic heterocycles. The number of ether oxygens (including phenoxy) is 1. The average Bonchev–Trinajstić information content (AvgIpc) is 2.53. The molecule has 0 fully saturated rings. The maximum atomic E-state index is 11.8. The minimum absolute atomic E-state index is 0.0253. The van der Waals surface area contributed by atoms with Gasteiger partial charge in [0.1, 0.15) is 12.4 Å². The van der Waals surface area contributed by atoms with Crippen molar-refractivity contribution in [3.05, 3.63) is 70.3 Å². The standard InChI is InChI=1S/C16H16N2O4/c19-16(12-13-6-4-5-9-15(13)18(20)21)17-10-11-22-14-7-2-1-3-8-14/h1-9H,10-12H2,(H,17,19). The van der Waals surface area contributed by atoms with Gasteiger partial charge in [0.2, 0.25) is 5.91 Å². The topological polar surface area (TPSA) is 81.5 Å². The lowest BCUT2D eigenvalue weighted by molar-refractivity contribution is -0.385. The van der Waals surface area contributed by atoms with Crippen LogP contribution in [-0.2, 0) is 11.2 Å². The third-order valence-electron chi connectivity index (χ3n) is 2.98. The third-order valence-corrected chi connectivity index (χ3v) is 2.98. The van der Waals surface area contributed by atoms with Gasteiger partial charge in [-0.1, -0.05) is 36.4 Å². The number of hydrogen-bond acceptors (Lipinski definition) is 4. The van der Waals surface area contributed by atoms with Gasteiger partial charge in [-0.25, -0.2) is 0 Å². The van der Waals surface area contributed by atoms with Crippen molar-refractivity contribution in [2.45, 2.75) is 6.42 Å². The molecule has 6 heteroatoms. The van der Waals surface area contributed by atoms with Gasteiger partial charge in [-0.3, -0.25) is 14.9 Å². The molecular weight excluding hydrogens is 284 g/mol. The molecule has 2 rings (SSSR count). The van der Waals surface area contributed by atoms with E-state index in [0.29, 0.717) is 18.7 Å². The molecule has 22 heavy (non-hydrogen) atoms. The van der Waals surface area contributed by atoms with Crippen molar-refractivity contribution in [2.75, 3.05) is 13.2 Å². The molecule has 0 saturated heterocycles. The molecule has 0 unspecified atom stereocenters. The second-order valence-corrected chi connectivity index (χ2v) is 4.57. The molecule has 0 aliphatic carbocycles. The summed E-state index contributed by atoms with van der Waals surface area (Å²) in [6, 6.07) is 15.5. The van der Waals surface area contributed by atoms with E-state index < -0.39 is 4.92 Å². The van der Waals surface area contributed by atoms with Crippen molar-refractivity contribution >= 4 is 11.6 Å². The Morgan fingerprint density at radius 1 is 1.09 bits per heavy atom. The number of amides is 1. The molecule has 0 aliphatic rings. The summed E-state index contributed by atoms with van der Waals surface area (Å²) < 4.78 is 5.45. The van der Waals surface area contributed by atoms with Crippen LogP contribution in [0.25, 0.3) is 0 Å². The van der Waals surface area contributed by atoms with Crippen molar-refractivity contribution in [1.29, 1.82) is 0 Å². The highest BCUT2D eigenvalue weighted by Crippen LogP contribution is 2.17. The second kappa shape index (κ2) is 7.78. The highest BCUT2D eigenvalue weighted by molar-refractivity contribution is 5.79. The Morgan fingerprint density at radius 2 is 1.77 bits per heavy atom. The van der Waals surface area contributed by atoms with Gasteiger partial charge in [0.05, 0.1) is 17.9 Å². The maximum Gasteiger partial charge on any atom is 0.273 e. The molecule has 2 aromatic carbocycles. The summed E-state index contributed by atoms with van der Waals surface area (Å²) in [4.78, 5) is 22.2. The number of para-hydroxylation sites is 2. The molecule has 0 saturated carbocycles. The molecule has 2 aromatic rings. The van der Waals surface area contributed by atoms with Crippen LogP contribution in [0.2, 0.25) is 0 Å². The Hall–Kier alpha value is -2.89. The molecule has 114 valence electrons. The van der Waals surface area contributed by atoms with Gasteiger partial charge in [0.25, 0.3) is 5.69 Å². The van der Waals surface area contributed by atoms with E-state index in [0.717, 1.165) is 5.75 Å². The predicted octanol–water partition coefficient (Wildman–Crippen LogP) is 2.33. The molecule has 0 heterocycles. The number of nitrogens with zero attached hydrogens (tertiary/aromatic N) is 1. The Balaban J connectivity index is 1.78. The lowest BCUT2D eigenvalue weighted by atomic mass is 10.1. The quantitative estimate of drug-likeness (QED) is 0.483. The van der Waals surface area contributed by atoms with E-state index in [1.807, 2.05) is 30.3 Å². The van der Waals surface area contributed by atoms with Crippen LogP contribution < -0.4 is 10.1 Å². The fourth-order valence-corrected chi connectivity index (χ4v) is 1.95. The summed E-state index contributed by atoms with van der Waals surface area (Å²) in [5.41, 5.74) is 0.354. The maximum absolute atomic E-state index is 11.8. The number of nitro groups is 1. The molecule has 1 N–H and O–H groups in total. The monoisotopic (exact) mass is 300 g/mol. The number of carbonyl (C=O) groups is 1. The SMILES string of the molecule is O=C(Cc1ccccc1[N+](=O)[O-])NCCOc1ccccc1. The van der Waals surface area contributed by atoms with Gasteiger partial charge in [0.15, 0.2) is 0 Å². The van der Waals surface area contributed by atoms with Crippen LogP contribution in [0.3, 0.4) is 0 Å². The smallest absolute Gasteiger partial charge is 0.273 e. The fourth-order valence-electron chi connectivity index (χ4n) is 1.95. The number of hydrogen-bond donors (Lipinski definition) is 1. The van der Waals surface area contributed by atoms with Crippen LogP contribution in [0.15, 0.2) is 54.6 Å². The van der Waals surface area contributed by atoms with Gasteiger partial charge >= 0.3 is 0 Å². The number of carbonyl (C=O) groups excluding carboxylic acids is 1. The van der Waals surface area contributed by atoms with E-state index in [2.05, 4.69) is 5.32 Å². The number of nitro benzene ring substituents is 1. The van der Waals surface area contributed by atoms with Gasteiger partial charge in [-0.05, 0) is 12.1 Å². The van der Waals surface area contributed by atoms with E-state index in [1.54, 1.807) is 18.2 Å². The van der Waals surface area contributed by atoms with Crippen molar-refractivity contribution in [2.24, 2.45) is 0 Å². The summed E-state index contributed by atoms with van der Waals surface area (Å²) in [7, 11) is 0. The molecule has 6 nitrogen and oxygen atoms in total. The average molecular weight is 300 g/mol. The zero-order chi connectivity index (χ0) is 15.8. The summed E-state index contributed by atoms with van der Waals surface area (Å²) in [6.07, 6.45) is -0.0253. The minimum atomic E-state index is -0.485. The lowest BCUT2D eigenvalue weighted by Crippen LogP contribution is -2.29. The van der Waals surface area contributed by atoms with E-state index in [4.69, 9.17) is 4.74 Å². The highest BCUT2D eigenvalue weighted by atomic mass is 16.6. The van der Waals surface area contributed by atoms with Gasteiger partial charge in [-0.2, -0.15) is 0 Å². The molecule has 0 bridgehead atoms. The largest absolute Gasteiger partial charge is 0.492 e. The lowest BCUT2D eigenvalue weighted by Gasteiger charge is -2.08.